The molecule has 2 amide bonds. The highest BCUT2D eigenvalue weighted by Gasteiger charge is 2.21. The van der Waals surface area contributed by atoms with Crippen LogP contribution in [0.3, 0.4) is 0 Å². The second-order valence-corrected chi connectivity index (χ2v) is 6.54. The molecular weight excluding hydrogens is 366 g/mol. The summed E-state index contributed by atoms with van der Waals surface area (Å²) >= 11 is 7.51. The largest absolute Gasteiger partial charge is 0.350 e. The summed E-state index contributed by atoms with van der Waals surface area (Å²) in [6.07, 6.45) is 0. The number of hydrogen-bond acceptors (Lipinski definition) is 5. The molecule has 2 rings (SSSR count). The summed E-state index contributed by atoms with van der Waals surface area (Å²) in [4.78, 5) is 37.1. The van der Waals surface area contributed by atoms with Gasteiger partial charge < -0.3 is 10.2 Å². The molecule has 1 aromatic carbocycles. The summed E-state index contributed by atoms with van der Waals surface area (Å²) < 4.78 is 0. The number of halogens is 1. The number of non-ortho nitro benzene ring substituents is 1. The number of carbonyl (C=O) groups excluding carboxylic acids is 2. The zero-order valence-corrected chi connectivity index (χ0v) is 15.0. The van der Waals surface area contributed by atoms with E-state index in [9.17, 15) is 19.7 Å². The van der Waals surface area contributed by atoms with Crippen molar-refractivity contribution in [2.24, 2.45) is 0 Å². The van der Waals surface area contributed by atoms with Crippen molar-refractivity contribution in [1.29, 1.82) is 0 Å². The van der Waals surface area contributed by atoms with Crippen LogP contribution in [-0.2, 0) is 11.3 Å². The van der Waals surface area contributed by atoms with Gasteiger partial charge in [0.05, 0.1) is 28.6 Å². The van der Waals surface area contributed by atoms with Crippen LogP contribution in [0.15, 0.2) is 35.7 Å². The lowest BCUT2D eigenvalue weighted by Crippen LogP contribution is -2.40. The van der Waals surface area contributed by atoms with Gasteiger partial charge in [0.1, 0.15) is 0 Å². The van der Waals surface area contributed by atoms with E-state index in [0.717, 1.165) is 10.9 Å². The van der Waals surface area contributed by atoms with Gasteiger partial charge in [-0.05, 0) is 24.4 Å². The SMILES string of the molecule is CCN(CC(=O)NCc1cccs1)C(=O)c1ccc([N+](=O)[O-])cc1Cl. The van der Waals surface area contributed by atoms with Crippen LogP contribution in [0, 0.1) is 10.1 Å². The van der Waals surface area contributed by atoms with Gasteiger partial charge in [-0.25, -0.2) is 0 Å². The Morgan fingerprint density at radius 3 is 2.68 bits per heavy atom. The molecule has 0 atom stereocenters. The standard InChI is InChI=1S/C16H16ClN3O4S/c1-2-19(10-15(21)18-9-12-4-3-7-25-12)16(22)13-6-5-11(20(23)24)8-14(13)17/h3-8H,2,9-10H2,1H3,(H,18,21). The lowest BCUT2D eigenvalue weighted by Gasteiger charge is -2.20. The first-order valence-electron chi connectivity index (χ1n) is 7.44. The van der Waals surface area contributed by atoms with Crippen molar-refractivity contribution < 1.29 is 14.5 Å². The third-order valence-corrected chi connectivity index (χ3v) is 4.63. The van der Waals surface area contributed by atoms with Gasteiger partial charge in [-0.15, -0.1) is 11.3 Å². The molecule has 0 unspecified atom stereocenters. The van der Waals surface area contributed by atoms with Crippen LogP contribution >= 0.6 is 22.9 Å². The van der Waals surface area contributed by atoms with Crippen LogP contribution in [0.1, 0.15) is 22.2 Å². The Kier molecular flexibility index (Phi) is 6.49. The first kappa shape index (κ1) is 18.9. The molecule has 0 bridgehead atoms. The van der Waals surface area contributed by atoms with Gasteiger partial charge >= 0.3 is 0 Å². The summed E-state index contributed by atoms with van der Waals surface area (Å²) in [5.41, 5.74) is -0.0709. The van der Waals surface area contributed by atoms with Crippen LogP contribution in [0.25, 0.3) is 0 Å². The van der Waals surface area contributed by atoms with E-state index in [-0.39, 0.29) is 28.7 Å². The second-order valence-electron chi connectivity index (χ2n) is 5.10. The van der Waals surface area contributed by atoms with Crippen molar-refractivity contribution in [2.45, 2.75) is 13.5 Å². The monoisotopic (exact) mass is 381 g/mol. The molecular formula is C16H16ClN3O4S. The molecule has 1 aromatic heterocycles. The molecule has 1 N–H and O–H groups in total. The molecule has 9 heteroatoms. The molecule has 1 heterocycles. The third-order valence-electron chi connectivity index (χ3n) is 3.44. The number of nitro benzene ring substituents is 1. The maximum Gasteiger partial charge on any atom is 0.270 e. The molecule has 2 aromatic rings. The number of amides is 2. The Hall–Kier alpha value is -2.45. The van der Waals surface area contributed by atoms with Crippen molar-refractivity contribution in [3.05, 3.63) is 61.3 Å². The maximum atomic E-state index is 12.5. The minimum atomic E-state index is -0.588. The van der Waals surface area contributed by atoms with Crippen molar-refractivity contribution >= 4 is 40.4 Å². The molecule has 0 fully saturated rings. The highest BCUT2D eigenvalue weighted by Crippen LogP contribution is 2.23. The molecule has 0 saturated carbocycles. The van der Waals surface area contributed by atoms with Crippen LogP contribution in [0.4, 0.5) is 5.69 Å². The van der Waals surface area contributed by atoms with Gasteiger partial charge in [-0.2, -0.15) is 0 Å². The predicted octanol–water partition coefficient (Wildman–Crippen LogP) is 3.09. The number of nitro groups is 1. The smallest absolute Gasteiger partial charge is 0.270 e. The van der Waals surface area contributed by atoms with Crippen LogP contribution in [0.2, 0.25) is 5.02 Å². The lowest BCUT2D eigenvalue weighted by molar-refractivity contribution is -0.384. The zero-order valence-electron chi connectivity index (χ0n) is 13.4. The second kappa shape index (κ2) is 8.59. The Morgan fingerprint density at radius 1 is 1.36 bits per heavy atom. The maximum absolute atomic E-state index is 12.5. The molecule has 0 aliphatic rings. The van der Waals surface area contributed by atoms with Gasteiger partial charge in [-0.1, -0.05) is 17.7 Å². The molecule has 0 radical (unpaired) electrons. The van der Waals surface area contributed by atoms with Crippen LogP contribution in [0.5, 0.6) is 0 Å². The number of benzene rings is 1. The van der Waals surface area contributed by atoms with Gasteiger partial charge in [0, 0.05) is 23.6 Å². The Morgan fingerprint density at radius 2 is 2.12 bits per heavy atom. The zero-order chi connectivity index (χ0) is 18.4. The molecule has 132 valence electrons. The molecule has 0 saturated heterocycles. The van der Waals surface area contributed by atoms with Crippen molar-refractivity contribution in [2.75, 3.05) is 13.1 Å². The average Bonchev–Trinajstić information content (AvgIpc) is 3.10. The summed E-state index contributed by atoms with van der Waals surface area (Å²) in [5.74, 6) is -0.740. The van der Waals surface area contributed by atoms with E-state index in [0.29, 0.717) is 13.1 Å². The highest BCUT2D eigenvalue weighted by molar-refractivity contribution is 7.09. The third kappa shape index (κ3) is 5.01. The van der Waals surface area contributed by atoms with Gasteiger partial charge in [0.25, 0.3) is 11.6 Å². The minimum Gasteiger partial charge on any atom is -0.350 e. The Balaban J connectivity index is 2.02. The quantitative estimate of drug-likeness (QED) is 0.589. The van der Waals surface area contributed by atoms with Gasteiger partial charge in [-0.3, -0.25) is 19.7 Å². The lowest BCUT2D eigenvalue weighted by atomic mass is 10.1. The van der Waals surface area contributed by atoms with E-state index in [1.807, 2.05) is 17.5 Å². The van der Waals surface area contributed by atoms with E-state index in [4.69, 9.17) is 11.6 Å². The number of rotatable bonds is 7. The first-order valence-corrected chi connectivity index (χ1v) is 8.70. The summed E-state index contributed by atoms with van der Waals surface area (Å²) in [6, 6.07) is 7.44. The highest BCUT2D eigenvalue weighted by atomic mass is 35.5. The number of nitrogens with one attached hydrogen (secondary N) is 1. The number of likely N-dealkylation sites (N-methyl/N-ethyl adjacent to an activating group) is 1. The van der Waals surface area contributed by atoms with E-state index >= 15 is 0 Å². The predicted molar refractivity (Wildman–Crippen MR) is 95.8 cm³/mol. The van der Waals surface area contributed by atoms with Crippen LogP contribution < -0.4 is 5.32 Å². The van der Waals surface area contributed by atoms with Gasteiger partial charge in [0.15, 0.2) is 0 Å². The first-order chi connectivity index (χ1) is 11.9. The Bertz CT molecular complexity index is 780. The van der Waals surface area contributed by atoms with E-state index in [2.05, 4.69) is 5.32 Å². The molecule has 25 heavy (non-hydrogen) atoms. The van der Waals surface area contributed by atoms with Crippen molar-refractivity contribution in [3.63, 3.8) is 0 Å². The van der Waals surface area contributed by atoms with Crippen molar-refractivity contribution in [1.82, 2.24) is 10.2 Å². The molecule has 7 nitrogen and oxygen atoms in total. The van der Waals surface area contributed by atoms with Gasteiger partial charge in [0.2, 0.25) is 5.91 Å². The van der Waals surface area contributed by atoms with Crippen LogP contribution in [-0.4, -0.2) is 34.7 Å². The molecule has 0 spiro atoms. The fourth-order valence-electron chi connectivity index (χ4n) is 2.12. The number of thiophene rings is 1. The Labute approximate surface area is 153 Å². The fraction of sp³-hybridized carbons (Fsp3) is 0.250. The molecule has 0 aliphatic heterocycles. The van der Waals surface area contributed by atoms with E-state index in [1.165, 1.54) is 28.4 Å². The summed E-state index contributed by atoms with van der Waals surface area (Å²) in [5, 5.41) is 15.4. The normalized spacial score (nSPS) is 10.3. The number of carbonyl (C=O) groups is 2. The molecule has 0 aliphatic carbocycles. The van der Waals surface area contributed by atoms with E-state index < -0.39 is 10.8 Å². The topological polar surface area (TPSA) is 92.6 Å². The fourth-order valence-corrected chi connectivity index (χ4v) is 3.02. The van der Waals surface area contributed by atoms with Crippen molar-refractivity contribution in [3.8, 4) is 0 Å². The summed E-state index contributed by atoms with van der Waals surface area (Å²) in [7, 11) is 0. The minimum absolute atomic E-state index is 0.0170. The van der Waals surface area contributed by atoms with E-state index in [1.54, 1.807) is 6.92 Å². The average molecular weight is 382 g/mol. The summed E-state index contributed by atoms with van der Waals surface area (Å²) in [6.45, 7) is 2.33. The number of nitrogens with zero attached hydrogens (tertiary/aromatic N) is 2. The number of hydrogen-bond donors (Lipinski definition) is 1.